The molecule has 8 heteroatoms. The quantitative estimate of drug-likeness (QED) is 0.514. The van der Waals surface area contributed by atoms with Crippen molar-refractivity contribution in [2.75, 3.05) is 40.3 Å². The number of halogens is 1. The third kappa shape index (κ3) is 5.00. The molecule has 0 radical (unpaired) electrons. The first-order valence-electron chi connectivity index (χ1n) is 11.0. The zero-order valence-electron chi connectivity index (χ0n) is 18.6. The minimum atomic E-state index is -0.353. The lowest BCUT2D eigenvalue weighted by molar-refractivity contribution is 0.191. The largest absolute Gasteiger partial charge is 0.494 e. The van der Waals surface area contributed by atoms with E-state index in [9.17, 15) is 4.79 Å². The number of amides is 2. The topological polar surface area (TPSA) is 87.5 Å². The molecule has 1 aliphatic rings. The summed E-state index contributed by atoms with van der Waals surface area (Å²) in [5, 5.41) is 1.65. The van der Waals surface area contributed by atoms with Crippen molar-refractivity contribution in [2.24, 2.45) is 5.73 Å². The van der Waals surface area contributed by atoms with E-state index in [-0.39, 0.29) is 11.9 Å². The predicted octanol–water partition coefficient (Wildman–Crippen LogP) is 4.47. The van der Waals surface area contributed by atoms with Gasteiger partial charge in [-0.2, -0.15) is 0 Å². The molecule has 3 heterocycles. The molecule has 1 fully saturated rings. The predicted molar refractivity (Wildman–Crippen MR) is 128 cm³/mol. The van der Waals surface area contributed by atoms with Gasteiger partial charge in [0.15, 0.2) is 0 Å². The summed E-state index contributed by atoms with van der Waals surface area (Å²) < 4.78 is 5.89. The zero-order valence-corrected chi connectivity index (χ0v) is 19.4. The molecular weight excluding hydrogens is 426 g/mol. The van der Waals surface area contributed by atoms with Gasteiger partial charge in [-0.3, -0.25) is 0 Å². The van der Waals surface area contributed by atoms with Gasteiger partial charge in [0.25, 0.3) is 0 Å². The molecule has 170 valence electrons. The van der Waals surface area contributed by atoms with Gasteiger partial charge in [0.2, 0.25) is 0 Å². The van der Waals surface area contributed by atoms with E-state index in [2.05, 4.69) is 41.1 Å². The molecule has 0 atom stereocenters. The van der Waals surface area contributed by atoms with Crippen LogP contribution in [0.1, 0.15) is 30.7 Å². The lowest BCUT2D eigenvalue weighted by atomic mass is 9.86. The number of primary amides is 1. The molecule has 0 unspecified atom stereocenters. The number of carbonyl (C=O) groups is 1. The maximum Gasteiger partial charge on any atom is 0.314 e. The van der Waals surface area contributed by atoms with Gasteiger partial charge in [-0.05, 0) is 80.7 Å². The Labute approximate surface area is 193 Å². The fraction of sp³-hybridized carbons (Fsp3) is 0.417. The molecule has 0 bridgehead atoms. The van der Waals surface area contributed by atoms with E-state index in [1.807, 2.05) is 18.2 Å². The van der Waals surface area contributed by atoms with Crippen molar-refractivity contribution < 1.29 is 9.53 Å². The van der Waals surface area contributed by atoms with E-state index in [1.54, 1.807) is 11.1 Å². The van der Waals surface area contributed by atoms with Crippen molar-refractivity contribution in [3.8, 4) is 17.0 Å². The van der Waals surface area contributed by atoms with Crippen molar-refractivity contribution in [3.63, 3.8) is 0 Å². The molecule has 0 aliphatic carbocycles. The minimum Gasteiger partial charge on any atom is -0.494 e. The smallest absolute Gasteiger partial charge is 0.314 e. The molecule has 0 spiro atoms. The van der Waals surface area contributed by atoms with E-state index in [1.165, 1.54) is 5.56 Å². The summed E-state index contributed by atoms with van der Waals surface area (Å²) in [7, 11) is 4.12. The average molecular weight is 456 g/mol. The van der Waals surface area contributed by atoms with Crippen LogP contribution in [0.4, 0.5) is 4.79 Å². The number of carbonyl (C=O) groups excluding carboxylic acids is 1. The number of rotatable bonds is 7. The molecular formula is C24H30ClN5O2. The first-order valence-corrected chi connectivity index (χ1v) is 11.4. The number of urea groups is 1. The number of pyridine rings is 1. The zero-order chi connectivity index (χ0) is 22.7. The highest BCUT2D eigenvalue weighted by Gasteiger charge is 2.28. The SMILES string of the molecule is CN(C)CCCOc1ccc(-c2[nH]c3ncc(Cl)cc3c2C2CCN(C(N)=O)CC2)cc1. The molecule has 3 N–H and O–H groups in total. The Bertz CT molecular complexity index is 1070. The van der Waals surface area contributed by atoms with Gasteiger partial charge >= 0.3 is 6.03 Å². The number of benzene rings is 1. The first kappa shape index (κ1) is 22.4. The number of fused-ring (bicyclic) bond motifs is 1. The molecule has 1 saturated heterocycles. The third-order valence-corrected chi connectivity index (χ3v) is 6.24. The van der Waals surface area contributed by atoms with Crippen LogP contribution in [0.5, 0.6) is 5.75 Å². The molecule has 4 rings (SSSR count). The van der Waals surface area contributed by atoms with Crippen LogP contribution in [0.25, 0.3) is 22.3 Å². The highest BCUT2D eigenvalue weighted by atomic mass is 35.5. The summed E-state index contributed by atoms with van der Waals surface area (Å²) in [5.74, 6) is 1.15. The van der Waals surface area contributed by atoms with Crippen LogP contribution >= 0.6 is 11.6 Å². The summed E-state index contributed by atoms with van der Waals surface area (Å²) in [6.07, 6.45) is 4.34. The van der Waals surface area contributed by atoms with Crippen LogP contribution in [-0.2, 0) is 0 Å². The molecule has 3 aromatic rings. The van der Waals surface area contributed by atoms with Gasteiger partial charge in [0, 0.05) is 31.2 Å². The molecule has 2 aromatic heterocycles. The second-order valence-corrected chi connectivity index (χ2v) is 9.03. The van der Waals surface area contributed by atoms with Gasteiger partial charge in [0.1, 0.15) is 11.4 Å². The number of nitrogens with zero attached hydrogens (tertiary/aromatic N) is 3. The van der Waals surface area contributed by atoms with E-state index in [0.717, 1.165) is 53.8 Å². The third-order valence-electron chi connectivity index (χ3n) is 6.03. The Kier molecular flexibility index (Phi) is 6.86. The first-order chi connectivity index (χ1) is 15.4. The van der Waals surface area contributed by atoms with Gasteiger partial charge in [-0.15, -0.1) is 0 Å². The van der Waals surface area contributed by atoms with E-state index < -0.39 is 0 Å². The Hall–Kier alpha value is -2.77. The van der Waals surface area contributed by atoms with Crippen LogP contribution in [-0.4, -0.2) is 66.1 Å². The van der Waals surface area contributed by atoms with Crippen LogP contribution in [0.15, 0.2) is 36.5 Å². The number of hydrogen-bond donors (Lipinski definition) is 2. The fourth-order valence-corrected chi connectivity index (χ4v) is 4.55. The Morgan fingerprint density at radius 1 is 1.28 bits per heavy atom. The Balaban J connectivity index is 1.60. The van der Waals surface area contributed by atoms with Crippen LogP contribution < -0.4 is 10.5 Å². The van der Waals surface area contributed by atoms with Crippen LogP contribution in [0.2, 0.25) is 5.02 Å². The molecule has 1 aromatic carbocycles. The summed E-state index contributed by atoms with van der Waals surface area (Å²) in [4.78, 5) is 23.4. The lowest BCUT2D eigenvalue weighted by Gasteiger charge is -2.31. The number of H-pyrrole nitrogens is 1. The number of piperidine rings is 1. The second kappa shape index (κ2) is 9.79. The second-order valence-electron chi connectivity index (χ2n) is 8.59. The molecule has 0 saturated carbocycles. The van der Waals surface area contributed by atoms with Crippen LogP contribution in [0.3, 0.4) is 0 Å². The number of aromatic amines is 1. The maximum atomic E-state index is 11.6. The monoisotopic (exact) mass is 455 g/mol. The number of nitrogens with two attached hydrogens (primary N) is 1. The fourth-order valence-electron chi connectivity index (χ4n) is 4.39. The number of aromatic nitrogens is 2. The van der Waals surface area contributed by atoms with E-state index in [4.69, 9.17) is 22.1 Å². The van der Waals surface area contributed by atoms with Gasteiger partial charge in [0.05, 0.1) is 17.3 Å². The number of likely N-dealkylation sites (tertiary alicyclic amines) is 1. The van der Waals surface area contributed by atoms with Crippen molar-refractivity contribution >= 4 is 28.7 Å². The number of hydrogen-bond acceptors (Lipinski definition) is 4. The highest BCUT2D eigenvalue weighted by Crippen LogP contribution is 2.40. The molecule has 32 heavy (non-hydrogen) atoms. The molecule has 7 nitrogen and oxygen atoms in total. The van der Waals surface area contributed by atoms with E-state index >= 15 is 0 Å². The normalized spacial score (nSPS) is 14.9. The molecule has 2 amide bonds. The van der Waals surface area contributed by atoms with Crippen molar-refractivity contribution in [2.45, 2.75) is 25.2 Å². The lowest BCUT2D eigenvalue weighted by Crippen LogP contribution is -2.41. The summed E-state index contributed by atoms with van der Waals surface area (Å²) >= 11 is 6.28. The van der Waals surface area contributed by atoms with Crippen molar-refractivity contribution in [3.05, 3.63) is 47.1 Å². The van der Waals surface area contributed by atoms with Gasteiger partial charge in [-0.25, -0.2) is 9.78 Å². The highest BCUT2D eigenvalue weighted by molar-refractivity contribution is 6.31. The summed E-state index contributed by atoms with van der Waals surface area (Å²) in [6.45, 7) is 3.00. The van der Waals surface area contributed by atoms with E-state index in [0.29, 0.717) is 24.7 Å². The molecule has 1 aliphatic heterocycles. The Morgan fingerprint density at radius 2 is 2.00 bits per heavy atom. The van der Waals surface area contributed by atoms with Gasteiger partial charge < -0.3 is 25.3 Å². The average Bonchev–Trinajstić information content (AvgIpc) is 3.15. The Morgan fingerprint density at radius 3 is 2.66 bits per heavy atom. The maximum absolute atomic E-state index is 11.6. The van der Waals surface area contributed by atoms with Crippen LogP contribution in [0, 0.1) is 0 Å². The minimum absolute atomic E-state index is 0.288. The van der Waals surface area contributed by atoms with Crippen molar-refractivity contribution in [1.82, 2.24) is 19.8 Å². The van der Waals surface area contributed by atoms with Crippen molar-refractivity contribution in [1.29, 1.82) is 0 Å². The van der Waals surface area contributed by atoms with Gasteiger partial charge in [-0.1, -0.05) is 11.6 Å². The summed E-state index contributed by atoms with van der Waals surface area (Å²) in [6, 6.07) is 9.80. The number of nitrogens with one attached hydrogen (secondary N) is 1. The standard InChI is InChI=1S/C24H30ClN5O2/c1-29(2)10-3-13-32-19-6-4-17(5-7-19)22-21(16-8-11-30(12-9-16)24(26)31)20-14-18(25)15-27-23(20)28-22/h4-7,14-16H,3,8-13H2,1-2H3,(H2,26,31)(H,27,28). The summed E-state index contributed by atoms with van der Waals surface area (Å²) in [5.41, 5.74) is 9.63. The number of ether oxygens (including phenoxy) is 1.